The van der Waals surface area contributed by atoms with Crippen LogP contribution in [0.2, 0.25) is 0 Å². The van der Waals surface area contributed by atoms with E-state index in [1.54, 1.807) is 11.3 Å². The quantitative estimate of drug-likeness (QED) is 0.898. The number of aromatic nitrogens is 1. The molecule has 5 rings (SSSR count). The summed E-state index contributed by atoms with van der Waals surface area (Å²) in [5.74, 6) is 0.969. The van der Waals surface area contributed by atoms with Gasteiger partial charge in [-0.1, -0.05) is 13.8 Å². The summed E-state index contributed by atoms with van der Waals surface area (Å²) in [6.45, 7) is 8.25. The van der Waals surface area contributed by atoms with Gasteiger partial charge in [-0.25, -0.2) is 4.98 Å². The van der Waals surface area contributed by atoms with Gasteiger partial charge in [0.1, 0.15) is 0 Å². The Morgan fingerprint density at radius 3 is 2.45 bits per heavy atom. The molecule has 1 N–H and O–H groups in total. The predicted molar refractivity (Wildman–Crippen MR) is 83.8 cm³/mol. The van der Waals surface area contributed by atoms with Gasteiger partial charge in [0.25, 0.3) is 0 Å². The van der Waals surface area contributed by atoms with Crippen LogP contribution in [0.4, 0.5) is 0 Å². The zero-order valence-corrected chi connectivity index (χ0v) is 13.8. The summed E-state index contributed by atoms with van der Waals surface area (Å²) in [7, 11) is 0. The molecule has 4 aliphatic carbocycles. The van der Waals surface area contributed by atoms with Crippen LogP contribution in [-0.4, -0.2) is 10.5 Å². The van der Waals surface area contributed by atoms with E-state index in [0.717, 1.165) is 12.5 Å². The molecule has 20 heavy (non-hydrogen) atoms. The number of aryl methyl sites for hydroxylation is 1. The summed E-state index contributed by atoms with van der Waals surface area (Å²) in [5, 5.41) is 3.99. The largest absolute Gasteiger partial charge is 0.306 e. The number of nitrogens with one attached hydrogen (secondary N) is 1. The summed E-state index contributed by atoms with van der Waals surface area (Å²) in [6.07, 6.45) is 8.61. The average Bonchev–Trinajstić information content (AvgIpc) is 2.67. The van der Waals surface area contributed by atoms with Crippen LogP contribution < -0.4 is 5.32 Å². The Labute approximate surface area is 126 Å². The number of rotatable bonds is 3. The van der Waals surface area contributed by atoms with Gasteiger partial charge in [0.2, 0.25) is 0 Å². The van der Waals surface area contributed by atoms with Crippen molar-refractivity contribution in [2.75, 3.05) is 0 Å². The zero-order chi connectivity index (χ0) is 14.0. The molecule has 4 aliphatic rings. The molecule has 0 amide bonds. The molecular weight excluding hydrogens is 264 g/mol. The zero-order valence-electron chi connectivity index (χ0n) is 13.0. The van der Waals surface area contributed by atoms with Crippen LogP contribution in [0.3, 0.4) is 0 Å². The number of hydrogen-bond acceptors (Lipinski definition) is 3. The van der Waals surface area contributed by atoms with Crippen LogP contribution in [0.1, 0.15) is 62.9 Å². The maximum Gasteiger partial charge on any atom is 0.0798 e. The minimum Gasteiger partial charge on any atom is -0.306 e. The standard InChI is InChI=1S/C17H26N2S/c1-12-14(20-11-18-12)7-19-17-6-13-4-15(2,9-17)8-16(3,5-13)10-17/h11,13,19H,4-10H2,1-3H3. The molecule has 0 aromatic carbocycles. The molecule has 1 aromatic rings. The van der Waals surface area contributed by atoms with Gasteiger partial charge >= 0.3 is 0 Å². The van der Waals surface area contributed by atoms with Crippen LogP contribution in [0.25, 0.3) is 0 Å². The van der Waals surface area contributed by atoms with Gasteiger partial charge in [0.15, 0.2) is 0 Å². The van der Waals surface area contributed by atoms with Crippen LogP contribution in [0.15, 0.2) is 5.51 Å². The maximum absolute atomic E-state index is 4.39. The van der Waals surface area contributed by atoms with Gasteiger partial charge < -0.3 is 5.32 Å². The van der Waals surface area contributed by atoms with Crippen molar-refractivity contribution in [3.63, 3.8) is 0 Å². The monoisotopic (exact) mass is 290 g/mol. The summed E-state index contributed by atoms with van der Waals surface area (Å²) in [5.41, 5.74) is 4.81. The van der Waals surface area contributed by atoms with Crippen molar-refractivity contribution < 1.29 is 0 Å². The van der Waals surface area contributed by atoms with Crippen molar-refractivity contribution in [2.24, 2.45) is 16.7 Å². The highest BCUT2D eigenvalue weighted by molar-refractivity contribution is 7.09. The molecule has 4 saturated carbocycles. The van der Waals surface area contributed by atoms with Crippen LogP contribution in [0, 0.1) is 23.7 Å². The lowest BCUT2D eigenvalue weighted by molar-refractivity contribution is -0.118. The van der Waals surface area contributed by atoms with Crippen molar-refractivity contribution in [1.82, 2.24) is 10.3 Å². The molecule has 0 spiro atoms. The fourth-order valence-electron chi connectivity index (χ4n) is 6.41. The second-order valence-electron chi connectivity index (χ2n) is 8.62. The van der Waals surface area contributed by atoms with Crippen molar-refractivity contribution in [1.29, 1.82) is 0 Å². The normalized spacial score (nSPS) is 46.0. The minimum absolute atomic E-state index is 0.416. The first-order chi connectivity index (χ1) is 9.40. The van der Waals surface area contributed by atoms with Gasteiger partial charge in [-0.05, 0) is 62.2 Å². The van der Waals surface area contributed by atoms with E-state index in [1.807, 2.05) is 5.51 Å². The lowest BCUT2D eigenvalue weighted by atomic mass is 9.43. The van der Waals surface area contributed by atoms with Gasteiger partial charge in [-0.15, -0.1) is 11.3 Å². The maximum atomic E-state index is 4.39. The van der Waals surface area contributed by atoms with Crippen molar-refractivity contribution in [3.05, 3.63) is 16.1 Å². The summed E-state index contributed by atoms with van der Waals surface area (Å²) in [4.78, 5) is 5.81. The molecule has 2 unspecified atom stereocenters. The molecule has 3 heteroatoms. The molecule has 1 heterocycles. The highest BCUT2D eigenvalue weighted by Crippen LogP contribution is 2.66. The van der Waals surface area contributed by atoms with Crippen molar-refractivity contribution in [3.8, 4) is 0 Å². The first-order valence-electron chi connectivity index (χ1n) is 8.04. The Balaban J connectivity index is 1.56. The second-order valence-corrected chi connectivity index (χ2v) is 9.56. The SMILES string of the molecule is Cc1ncsc1CNC12CC3CC(C)(CC(C)(C3)C1)C2. The van der Waals surface area contributed by atoms with E-state index >= 15 is 0 Å². The highest BCUT2D eigenvalue weighted by Gasteiger charge is 2.59. The topological polar surface area (TPSA) is 24.9 Å². The van der Waals surface area contributed by atoms with Gasteiger partial charge in [-0.2, -0.15) is 0 Å². The van der Waals surface area contributed by atoms with Gasteiger partial charge in [0.05, 0.1) is 11.2 Å². The molecule has 0 saturated heterocycles. The van der Waals surface area contributed by atoms with E-state index in [4.69, 9.17) is 0 Å². The second kappa shape index (κ2) is 4.07. The summed E-state index contributed by atoms with van der Waals surface area (Å²) < 4.78 is 0. The number of thiazole rings is 1. The highest BCUT2D eigenvalue weighted by atomic mass is 32.1. The van der Waals surface area contributed by atoms with Gasteiger partial charge in [-0.3, -0.25) is 0 Å². The van der Waals surface area contributed by atoms with E-state index in [-0.39, 0.29) is 0 Å². The van der Waals surface area contributed by atoms with Crippen molar-refractivity contribution >= 4 is 11.3 Å². The lowest BCUT2D eigenvalue weighted by Gasteiger charge is -2.65. The first-order valence-corrected chi connectivity index (χ1v) is 8.92. The molecule has 110 valence electrons. The van der Waals surface area contributed by atoms with Crippen molar-refractivity contribution in [2.45, 2.75) is 71.4 Å². The van der Waals surface area contributed by atoms with E-state index in [0.29, 0.717) is 16.4 Å². The minimum atomic E-state index is 0.416. The van der Waals surface area contributed by atoms with E-state index in [1.165, 1.54) is 49.1 Å². The molecule has 4 fully saturated rings. The smallest absolute Gasteiger partial charge is 0.0798 e. The summed E-state index contributed by atoms with van der Waals surface area (Å²) >= 11 is 1.80. The Bertz CT molecular complexity index is 517. The third-order valence-electron chi connectivity index (χ3n) is 6.10. The van der Waals surface area contributed by atoms with Crippen LogP contribution in [0.5, 0.6) is 0 Å². The Kier molecular flexibility index (Phi) is 2.70. The molecule has 2 atom stereocenters. The molecule has 0 aliphatic heterocycles. The molecule has 0 radical (unpaired) electrons. The van der Waals surface area contributed by atoms with Crippen LogP contribution >= 0.6 is 11.3 Å². The summed E-state index contributed by atoms with van der Waals surface area (Å²) in [6, 6.07) is 0. The van der Waals surface area contributed by atoms with Gasteiger partial charge in [0, 0.05) is 17.0 Å². The average molecular weight is 290 g/mol. The number of hydrogen-bond donors (Lipinski definition) is 1. The predicted octanol–water partition coefficient (Wildman–Crippen LogP) is 4.29. The third-order valence-corrected chi connectivity index (χ3v) is 7.03. The Morgan fingerprint density at radius 1 is 1.20 bits per heavy atom. The third kappa shape index (κ3) is 2.05. The van der Waals surface area contributed by atoms with E-state index in [2.05, 4.69) is 31.1 Å². The Hall–Kier alpha value is -0.410. The fraction of sp³-hybridized carbons (Fsp3) is 0.824. The van der Waals surface area contributed by atoms with Crippen LogP contribution in [-0.2, 0) is 6.54 Å². The Morgan fingerprint density at radius 2 is 1.90 bits per heavy atom. The molecule has 2 nitrogen and oxygen atoms in total. The number of nitrogens with zero attached hydrogens (tertiary/aromatic N) is 1. The molecular formula is C17H26N2S. The lowest BCUT2D eigenvalue weighted by Crippen LogP contribution is -2.63. The molecule has 4 bridgehead atoms. The fourth-order valence-corrected chi connectivity index (χ4v) is 7.13. The van der Waals surface area contributed by atoms with E-state index < -0.39 is 0 Å². The van der Waals surface area contributed by atoms with E-state index in [9.17, 15) is 0 Å². The first kappa shape index (κ1) is 13.3. The molecule has 1 aromatic heterocycles.